The van der Waals surface area contributed by atoms with Crippen molar-refractivity contribution in [3.63, 3.8) is 0 Å². The number of ether oxygens (including phenoxy) is 1. The molecule has 2 aliphatic rings. The summed E-state index contributed by atoms with van der Waals surface area (Å²) in [6.07, 6.45) is 0. The van der Waals surface area contributed by atoms with Crippen LogP contribution in [0.2, 0.25) is 0 Å². The summed E-state index contributed by atoms with van der Waals surface area (Å²) < 4.78 is 5.28. The van der Waals surface area contributed by atoms with E-state index in [9.17, 15) is 4.79 Å². The number of anilines is 2. The number of fused-ring (bicyclic) bond motifs is 1. The van der Waals surface area contributed by atoms with E-state index in [2.05, 4.69) is 4.90 Å². The molecular weight excluding hydrogens is 254 g/mol. The van der Waals surface area contributed by atoms with E-state index in [4.69, 9.17) is 10.5 Å². The summed E-state index contributed by atoms with van der Waals surface area (Å²) in [5.74, 6) is 2.09. The van der Waals surface area contributed by atoms with Crippen molar-refractivity contribution in [2.45, 2.75) is 6.92 Å². The summed E-state index contributed by atoms with van der Waals surface area (Å²) >= 11 is 0. The van der Waals surface area contributed by atoms with Crippen LogP contribution in [0.5, 0.6) is 5.75 Å². The molecule has 0 radical (unpaired) electrons. The third kappa shape index (κ3) is 2.17. The molecule has 0 aliphatic carbocycles. The minimum absolute atomic E-state index is 0.195. The number of carbonyl (C=O) groups excluding carboxylic acids is 1. The molecule has 2 atom stereocenters. The van der Waals surface area contributed by atoms with Crippen LogP contribution in [0.4, 0.5) is 11.4 Å². The number of carbonyl (C=O) groups is 1. The standard InChI is InChI=1S/C15H21N3O2/c1-10(19)17-6-11-8-18(9-12(11)7-17)13-3-4-14(16)15(5-13)20-2/h3-5,11-12H,6-9,16H2,1-2H3. The highest BCUT2D eigenvalue weighted by molar-refractivity contribution is 5.73. The second-order valence-electron chi connectivity index (χ2n) is 5.78. The number of nitrogens with two attached hydrogens (primary N) is 1. The Morgan fingerprint density at radius 2 is 1.90 bits per heavy atom. The van der Waals surface area contributed by atoms with Crippen molar-refractivity contribution in [3.05, 3.63) is 18.2 Å². The average molecular weight is 275 g/mol. The number of nitrogen functional groups attached to an aromatic ring is 1. The highest BCUT2D eigenvalue weighted by Crippen LogP contribution is 2.36. The van der Waals surface area contributed by atoms with Gasteiger partial charge in [0.1, 0.15) is 5.75 Å². The monoisotopic (exact) mass is 275 g/mol. The lowest BCUT2D eigenvalue weighted by Gasteiger charge is -2.23. The van der Waals surface area contributed by atoms with Crippen molar-refractivity contribution < 1.29 is 9.53 Å². The first-order valence-electron chi connectivity index (χ1n) is 7.02. The molecule has 3 rings (SSSR count). The van der Waals surface area contributed by atoms with Gasteiger partial charge in [-0.15, -0.1) is 0 Å². The van der Waals surface area contributed by atoms with Gasteiger partial charge in [-0.2, -0.15) is 0 Å². The van der Waals surface area contributed by atoms with E-state index in [1.165, 1.54) is 0 Å². The lowest BCUT2D eigenvalue weighted by molar-refractivity contribution is -0.128. The van der Waals surface area contributed by atoms with Crippen molar-refractivity contribution >= 4 is 17.3 Å². The molecule has 108 valence electrons. The number of likely N-dealkylation sites (tertiary alicyclic amines) is 1. The van der Waals surface area contributed by atoms with Gasteiger partial charge in [0.05, 0.1) is 12.8 Å². The molecule has 20 heavy (non-hydrogen) atoms. The largest absolute Gasteiger partial charge is 0.495 e. The van der Waals surface area contributed by atoms with Crippen molar-refractivity contribution in [2.75, 3.05) is 43.9 Å². The molecule has 1 amide bonds. The molecule has 5 heteroatoms. The van der Waals surface area contributed by atoms with Crippen LogP contribution in [-0.4, -0.2) is 44.1 Å². The van der Waals surface area contributed by atoms with Crippen LogP contribution < -0.4 is 15.4 Å². The maximum atomic E-state index is 11.4. The molecule has 2 aliphatic heterocycles. The Labute approximate surface area is 119 Å². The van der Waals surface area contributed by atoms with E-state index >= 15 is 0 Å². The molecule has 0 saturated carbocycles. The minimum atomic E-state index is 0.195. The molecule has 0 aromatic heterocycles. The third-order valence-corrected chi connectivity index (χ3v) is 4.51. The number of nitrogens with zero attached hydrogens (tertiary/aromatic N) is 2. The number of hydrogen-bond donors (Lipinski definition) is 1. The molecule has 2 saturated heterocycles. The number of hydrogen-bond acceptors (Lipinski definition) is 4. The Morgan fingerprint density at radius 1 is 1.25 bits per heavy atom. The maximum Gasteiger partial charge on any atom is 0.219 e. The van der Waals surface area contributed by atoms with Crippen molar-refractivity contribution in [2.24, 2.45) is 11.8 Å². The summed E-state index contributed by atoms with van der Waals surface area (Å²) in [5.41, 5.74) is 7.67. The van der Waals surface area contributed by atoms with E-state index < -0.39 is 0 Å². The van der Waals surface area contributed by atoms with Crippen molar-refractivity contribution in [1.29, 1.82) is 0 Å². The summed E-state index contributed by atoms with van der Waals surface area (Å²) in [7, 11) is 1.64. The Balaban J connectivity index is 1.72. The van der Waals surface area contributed by atoms with Crippen LogP contribution in [0.15, 0.2) is 18.2 Å². The topological polar surface area (TPSA) is 58.8 Å². The maximum absolute atomic E-state index is 11.4. The molecule has 5 nitrogen and oxygen atoms in total. The number of benzene rings is 1. The van der Waals surface area contributed by atoms with Gasteiger partial charge in [-0.25, -0.2) is 0 Å². The van der Waals surface area contributed by atoms with Crippen LogP contribution >= 0.6 is 0 Å². The van der Waals surface area contributed by atoms with E-state index in [1.807, 2.05) is 23.1 Å². The van der Waals surface area contributed by atoms with Gasteiger partial charge in [0.2, 0.25) is 5.91 Å². The second-order valence-corrected chi connectivity index (χ2v) is 5.78. The second kappa shape index (κ2) is 4.89. The van der Waals surface area contributed by atoms with Gasteiger partial charge < -0.3 is 20.3 Å². The fourth-order valence-corrected chi connectivity index (χ4v) is 3.36. The van der Waals surface area contributed by atoms with Crippen LogP contribution in [0, 0.1) is 11.8 Å². The van der Waals surface area contributed by atoms with E-state index in [-0.39, 0.29) is 5.91 Å². The first kappa shape index (κ1) is 13.1. The molecule has 1 aromatic rings. The van der Waals surface area contributed by atoms with Crippen LogP contribution in [0.25, 0.3) is 0 Å². The number of amides is 1. The fraction of sp³-hybridized carbons (Fsp3) is 0.533. The molecule has 1 aromatic carbocycles. The van der Waals surface area contributed by atoms with Crippen LogP contribution in [-0.2, 0) is 4.79 Å². The summed E-state index contributed by atoms with van der Waals surface area (Å²) in [6.45, 7) is 5.44. The van der Waals surface area contributed by atoms with Gasteiger partial charge in [-0.05, 0) is 12.1 Å². The zero-order valence-electron chi connectivity index (χ0n) is 12.0. The Bertz CT molecular complexity index is 518. The number of rotatable bonds is 2. The SMILES string of the molecule is COc1cc(N2CC3CN(C(C)=O)CC3C2)ccc1N. The van der Waals surface area contributed by atoms with Gasteiger partial charge >= 0.3 is 0 Å². The van der Waals surface area contributed by atoms with Crippen molar-refractivity contribution in [1.82, 2.24) is 4.90 Å². The van der Waals surface area contributed by atoms with E-state index in [0.29, 0.717) is 17.5 Å². The summed E-state index contributed by atoms with van der Waals surface area (Å²) in [4.78, 5) is 15.8. The summed E-state index contributed by atoms with van der Waals surface area (Å²) in [5, 5.41) is 0. The Kier molecular flexibility index (Phi) is 3.20. The smallest absolute Gasteiger partial charge is 0.219 e. The van der Waals surface area contributed by atoms with E-state index in [0.717, 1.165) is 37.6 Å². The van der Waals surface area contributed by atoms with E-state index in [1.54, 1.807) is 14.0 Å². The average Bonchev–Trinajstić information content (AvgIpc) is 2.97. The van der Waals surface area contributed by atoms with Gasteiger partial charge in [-0.3, -0.25) is 4.79 Å². The quantitative estimate of drug-likeness (QED) is 0.824. The van der Waals surface area contributed by atoms with Crippen LogP contribution in [0.3, 0.4) is 0 Å². The third-order valence-electron chi connectivity index (χ3n) is 4.51. The molecule has 0 bridgehead atoms. The van der Waals surface area contributed by atoms with Gasteiger partial charge in [0.25, 0.3) is 0 Å². The highest BCUT2D eigenvalue weighted by atomic mass is 16.5. The first-order valence-corrected chi connectivity index (χ1v) is 7.02. The normalized spacial score (nSPS) is 24.9. The fourth-order valence-electron chi connectivity index (χ4n) is 3.36. The molecule has 2 fully saturated rings. The highest BCUT2D eigenvalue weighted by Gasteiger charge is 2.40. The lowest BCUT2D eigenvalue weighted by atomic mass is 10.0. The Morgan fingerprint density at radius 3 is 2.45 bits per heavy atom. The molecular formula is C15H21N3O2. The first-order chi connectivity index (χ1) is 9.58. The van der Waals surface area contributed by atoms with Gasteiger partial charge in [0, 0.05) is 56.7 Å². The molecule has 0 spiro atoms. The molecule has 2 heterocycles. The molecule has 2 unspecified atom stereocenters. The molecule has 2 N–H and O–H groups in total. The van der Waals surface area contributed by atoms with Crippen LogP contribution in [0.1, 0.15) is 6.92 Å². The minimum Gasteiger partial charge on any atom is -0.495 e. The zero-order valence-corrected chi connectivity index (χ0v) is 12.0. The van der Waals surface area contributed by atoms with Gasteiger partial charge in [0.15, 0.2) is 0 Å². The predicted octanol–water partition coefficient (Wildman–Crippen LogP) is 1.19. The van der Waals surface area contributed by atoms with Gasteiger partial charge in [-0.1, -0.05) is 0 Å². The summed E-state index contributed by atoms with van der Waals surface area (Å²) in [6, 6.07) is 5.94. The predicted molar refractivity (Wildman–Crippen MR) is 78.9 cm³/mol. The number of methoxy groups -OCH3 is 1. The Hall–Kier alpha value is -1.91. The van der Waals surface area contributed by atoms with Crippen molar-refractivity contribution in [3.8, 4) is 5.75 Å². The lowest BCUT2D eigenvalue weighted by Crippen LogP contribution is -2.31. The zero-order chi connectivity index (χ0) is 14.3.